The van der Waals surface area contributed by atoms with E-state index in [4.69, 9.17) is 9.84 Å². The number of ether oxygens (including phenoxy) is 1. The van der Waals surface area contributed by atoms with E-state index in [0.29, 0.717) is 31.5 Å². The van der Waals surface area contributed by atoms with Crippen molar-refractivity contribution in [1.29, 1.82) is 0 Å². The van der Waals surface area contributed by atoms with E-state index in [0.717, 1.165) is 19.6 Å². The van der Waals surface area contributed by atoms with Crippen molar-refractivity contribution < 1.29 is 14.6 Å². The standard InChI is InChI=1S/C15H30N2O3/c1-12(2)7-17(8-13(3)4)15(19)10-16-5-6-20-14(9-16)11-18/h12-14,18H,5-11H2,1-4H3. The molecule has 5 nitrogen and oxygen atoms in total. The number of morpholine rings is 1. The first-order valence-electron chi connectivity index (χ1n) is 7.65. The Kier molecular flexibility index (Phi) is 7.48. The van der Waals surface area contributed by atoms with Crippen LogP contribution in [0.15, 0.2) is 0 Å². The minimum atomic E-state index is -0.153. The lowest BCUT2D eigenvalue weighted by Crippen LogP contribution is -2.49. The molecule has 1 heterocycles. The van der Waals surface area contributed by atoms with E-state index < -0.39 is 0 Å². The molecule has 1 amide bonds. The summed E-state index contributed by atoms with van der Waals surface area (Å²) in [5.41, 5.74) is 0. The SMILES string of the molecule is CC(C)CN(CC(C)C)C(=O)CN1CCOC(CO)C1. The maximum Gasteiger partial charge on any atom is 0.236 e. The summed E-state index contributed by atoms with van der Waals surface area (Å²) in [5, 5.41) is 9.14. The molecular weight excluding hydrogens is 256 g/mol. The van der Waals surface area contributed by atoms with Crippen molar-refractivity contribution in [3.63, 3.8) is 0 Å². The van der Waals surface area contributed by atoms with Crippen molar-refractivity contribution in [2.24, 2.45) is 11.8 Å². The number of carbonyl (C=O) groups is 1. The molecule has 1 N–H and O–H groups in total. The van der Waals surface area contributed by atoms with Gasteiger partial charge in [0.15, 0.2) is 0 Å². The minimum Gasteiger partial charge on any atom is -0.394 e. The molecule has 5 heteroatoms. The van der Waals surface area contributed by atoms with Gasteiger partial charge in [0.2, 0.25) is 5.91 Å². The van der Waals surface area contributed by atoms with Gasteiger partial charge in [0.1, 0.15) is 0 Å². The third-order valence-electron chi connectivity index (χ3n) is 3.31. The largest absolute Gasteiger partial charge is 0.394 e. The molecule has 0 saturated carbocycles. The predicted molar refractivity (Wildman–Crippen MR) is 79.5 cm³/mol. The van der Waals surface area contributed by atoms with Crippen molar-refractivity contribution in [2.45, 2.75) is 33.8 Å². The molecule has 1 atom stereocenters. The number of amides is 1. The molecule has 0 spiro atoms. The maximum atomic E-state index is 12.5. The van der Waals surface area contributed by atoms with Crippen LogP contribution in [0.4, 0.5) is 0 Å². The van der Waals surface area contributed by atoms with Gasteiger partial charge in [-0.3, -0.25) is 9.69 Å². The number of rotatable bonds is 7. The van der Waals surface area contributed by atoms with Gasteiger partial charge in [0, 0.05) is 26.2 Å². The van der Waals surface area contributed by atoms with E-state index in [1.807, 2.05) is 4.90 Å². The van der Waals surface area contributed by atoms with E-state index in [2.05, 4.69) is 32.6 Å². The highest BCUT2D eigenvalue weighted by atomic mass is 16.5. The number of nitrogens with zero attached hydrogens (tertiary/aromatic N) is 2. The molecule has 0 radical (unpaired) electrons. The Labute approximate surface area is 122 Å². The summed E-state index contributed by atoms with van der Waals surface area (Å²) in [7, 11) is 0. The number of carbonyl (C=O) groups excluding carboxylic acids is 1. The molecule has 1 fully saturated rings. The lowest BCUT2D eigenvalue weighted by molar-refractivity contribution is -0.136. The molecule has 20 heavy (non-hydrogen) atoms. The molecule has 0 bridgehead atoms. The van der Waals surface area contributed by atoms with Crippen LogP contribution >= 0.6 is 0 Å². The highest BCUT2D eigenvalue weighted by molar-refractivity contribution is 5.78. The van der Waals surface area contributed by atoms with Crippen LogP contribution in [-0.2, 0) is 9.53 Å². The summed E-state index contributed by atoms with van der Waals surface area (Å²) in [5.74, 6) is 1.14. The molecular formula is C15H30N2O3. The molecule has 0 aromatic rings. The van der Waals surface area contributed by atoms with Gasteiger partial charge in [-0.15, -0.1) is 0 Å². The average molecular weight is 286 g/mol. The monoisotopic (exact) mass is 286 g/mol. The van der Waals surface area contributed by atoms with Gasteiger partial charge < -0.3 is 14.7 Å². The van der Waals surface area contributed by atoms with E-state index >= 15 is 0 Å². The van der Waals surface area contributed by atoms with Crippen LogP contribution in [0.25, 0.3) is 0 Å². The van der Waals surface area contributed by atoms with Gasteiger partial charge in [0.25, 0.3) is 0 Å². The van der Waals surface area contributed by atoms with Crippen LogP contribution in [0, 0.1) is 11.8 Å². The summed E-state index contributed by atoms with van der Waals surface area (Å²) < 4.78 is 5.41. The second-order valence-electron chi connectivity index (χ2n) is 6.50. The normalized spacial score (nSPS) is 20.6. The second kappa shape index (κ2) is 8.60. The molecule has 0 aromatic heterocycles. The van der Waals surface area contributed by atoms with E-state index in [1.165, 1.54) is 0 Å². The number of aliphatic hydroxyl groups excluding tert-OH is 1. The van der Waals surface area contributed by atoms with Crippen molar-refractivity contribution >= 4 is 5.91 Å². The summed E-state index contributed by atoms with van der Waals surface area (Å²) in [4.78, 5) is 16.5. The van der Waals surface area contributed by atoms with Crippen LogP contribution in [-0.4, -0.2) is 72.9 Å². The Balaban J connectivity index is 2.51. The second-order valence-corrected chi connectivity index (χ2v) is 6.50. The first-order valence-corrected chi connectivity index (χ1v) is 7.65. The molecule has 0 aliphatic carbocycles. The first-order chi connectivity index (χ1) is 9.42. The van der Waals surface area contributed by atoms with Crippen LogP contribution in [0.2, 0.25) is 0 Å². The van der Waals surface area contributed by atoms with Crippen LogP contribution in [0.1, 0.15) is 27.7 Å². The summed E-state index contributed by atoms with van der Waals surface area (Å²) in [6, 6.07) is 0. The Hall–Kier alpha value is -0.650. The number of aliphatic hydroxyl groups is 1. The summed E-state index contributed by atoms with van der Waals surface area (Å²) in [6.45, 7) is 12.6. The van der Waals surface area contributed by atoms with Gasteiger partial charge in [0.05, 0.1) is 25.9 Å². The molecule has 1 aliphatic heterocycles. The van der Waals surface area contributed by atoms with E-state index in [1.54, 1.807) is 0 Å². The zero-order chi connectivity index (χ0) is 15.1. The van der Waals surface area contributed by atoms with Gasteiger partial charge in [-0.25, -0.2) is 0 Å². The average Bonchev–Trinajstić information content (AvgIpc) is 2.37. The van der Waals surface area contributed by atoms with Crippen LogP contribution < -0.4 is 0 Å². The third kappa shape index (κ3) is 6.20. The van der Waals surface area contributed by atoms with Crippen molar-refractivity contribution in [3.8, 4) is 0 Å². The summed E-state index contributed by atoms with van der Waals surface area (Å²) >= 11 is 0. The molecule has 1 saturated heterocycles. The van der Waals surface area contributed by atoms with Gasteiger partial charge in [-0.05, 0) is 11.8 Å². The number of hydrogen-bond acceptors (Lipinski definition) is 4. The first kappa shape index (κ1) is 17.4. The topological polar surface area (TPSA) is 53.0 Å². The highest BCUT2D eigenvalue weighted by Crippen LogP contribution is 2.08. The maximum absolute atomic E-state index is 12.5. The fourth-order valence-electron chi connectivity index (χ4n) is 2.49. The third-order valence-corrected chi connectivity index (χ3v) is 3.31. The van der Waals surface area contributed by atoms with Crippen LogP contribution in [0.3, 0.4) is 0 Å². The Morgan fingerprint density at radius 3 is 2.40 bits per heavy atom. The fourth-order valence-corrected chi connectivity index (χ4v) is 2.49. The quantitative estimate of drug-likeness (QED) is 0.753. The molecule has 1 aliphatic rings. The fraction of sp³-hybridized carbons (Fsp3) is 0.933. The van der Waals surface area contributed by atoms with Gasteiger partial charge in [-0.2, -0.15) is 0 Å². The summed E-state index contributed by atoms with van der Waals surface area (Å²) in [6.07, 6.45) is -0.153. The molecule has 1 rings (SSSR count). The zero-order valence-corrected chi connectivity index (χ0v) is 13.3. The Bertz CT molecular complexity index is 285. The minimum absolute atomic E-state index is 0.0202. The van der Waals surface area contributed by atoms with E-state index in [9.17, 15) is 4.79 Å². The van der Waals surface area contributed by atoms with Crippen molar-refractivity contribution in [3.05, 3.63) is 0 Å². The van der Waals surface area contributed by atoms with Crippen molar-refractivity contribution in [1.82, 2.24) is 9.80 Å². The van der Waals surface area contributed by atoms with Gasteiger partial charge in [-0.1, -0.05) is 27.7 Å². The van der Waals surface area contributed by atoms with Gasteiger partial charge >= 0.3 is 0 Å². The van der Waals surface area contributed by atoms with E-state index in [-0.39, 0.29) is 18.6 Å². The Morgan fingerprint density at radius 2 is 1.90 bits per heavy atom. The number of hydrogen-bond donors (Lipinski definition) is 1. The smallest absolute Gasteiger partial charge is 0.236 e. The molecule has 118 valence electrons. The van der Waals surface area contributed by atoms with Crippen molar-refractivity contribution in [2.75, 3.05) is 45.9 Å². The molecule has 0 aromatic carbocycles. The lowest BCUT2D eigenvalue weighted by Gasteiger charge is -2.34. The molecule has 1 unspecified atom stereocenters. The Morgan fingerprint density at radius 1 is 1.30 bits per heavy atom. The lowest BCUT2D eigenvalue weighted by atomic mass is 10.1. The van der Waals surface area contributed by atoms with Crippen LogP contribution in [0.5, 0.6) is 0 Å². The highest BCUT2D eigenvalue weighted by Gasteiger charge is 2.24. The zero-order valence-electron chi connectivity index (χ0n) is 13.3. The predicted octanol–water partition coefficient (Wildman–Crippen LogP) is 0.820.